The number of nitrogens with one attached hydrogen (secondary N) is 1. The van der Waals surface area contributed by atoms with Crippen LogP contribution in [0.1, 0.15) is 11.1 Å². The number of nitro groups is 1. The average molecular weight is 290 g/mol. The molecule has 0 fully saturated rings. The van der Waals surface area contributed by atoms with Gasteiger partial charge in [-0.3, -0.25) is 10.1 Å². The minimum absolute atomic E-state index is 0.0417. The first-order chi connectivity index (χ1) is 9.66. The van der Waals surface area contributed by atoms with Crippen molar-refractivity contribution in [1.82, 2.24) is 5.43 Å². The number of hydrazone groups is 1. The fourth-order valence-electron chi connectivity index (χ4n) is 1.61. The van der Waals surface area contributed by atoms with Crippen molar-refractivity contribution >= 4 is 23.5 Å². The smallest absolute Gasteiger partial charge is 0.270 e. The van der Waals surface area contributed by atoms with E-state index in [0.717, 1.165) is 5.56 Å². The number of nitrogens with zero attached hydrogens (tertiary/aromatic N) is 2. The van der Waals surface area contributed by atoms with Gasteiger partial charge < -0.3 is 5.43 Å². The topological polar surface area (TPSA) is 67.5 Å². The maximum atomic E-state index is 10.6. The van der Waals surface area contributed by atoms with Gasteiger partial charge in [0, 0.05) is 22.7 Å². The lowest BCUT2D eigenvalue weighted by Gasteiger charge is -2.02. The highest BCUT2D eigenvalue weighted by Gasteiger charge is 2.03. The van der Waals surface area contributed by atoms with Crippen molar-refractivity contribution < 1.29 is 4.92 Å². The first kappa shape index (κ1) is 14.0. The SMILES string of the molecule is O=[N+]([O-])c1cccc(/C=N\NCc2ccccc2Cl)c1. The van der Waals surface area contributed by atoms with Gasteiger partial charge in [0.25, 0.3) is 5.69 Å². The van der Waals surface area contributed by atoms with Crippen LogP contribution in [0.2, 0.25) is 5.02 Å². The molecule has 0 radical (unpaired) electrons. The van der Waals surface area contributed by atoms with E-state index in [1.54, 1.807) is 12.1 Å². The Bertz CT molecular complexity index is 644. The van der Waals surface area contributed by atoms with E-state index in [-0.39, 0.29) is 5.69 Å². The summed E-state index contributed by atoms with van der Waals surface area (Å²) in [6, 6.07) is 13.7. The summed E-state index contributed by atoms with van der Waals surface area (Å²) in [5.74, 6) is 0. The molecular formula is C14H12ClN3O2. The molecule has 5 nitrogen and oxygen atoms in total. The van der Waals surface area contributed by atoms with Gasteiger partial charge in [-0.15, -0.1) is 0 Å². The van der Waals surface area contributed by atoms with Crippen LogP contribution in [0.4, 0.5) is 5.69 Å². The molecule has 0 saturated carbocycles. The lowest BCUT2D eigenvalue weighted by atomic mass is 10.2. The van der Waals surface area contributed by atoms with Crippen LogP contribution in [0.3, 0.4) is 0 Å². The molecule has 102 valence electrons. The highest BCUT2D eigenvalue weighted by molar-refractivity contribution is 6.31. The summed E-state index contributed by atoms with van der Waals surface area (Å²) in [7, 11) is 0. The fraction of sp³-hybridized carbons (Fsp3) is 0.0714. The highest BCUT2D eigenvalue weighted by Crippen LogP contribution is 2.14. The van der Waals surface area contributed by atoms with Crippen LogP contribution in [-0.4, -0.2) is 11.1 Å². The van der Waals surface area contributed by atoms with E-state index in [9.17, 15) is 10.1 Å². The zero-order valence-electron chi connectivity index (χ0n) is 10.5. The van der Waals surface area contributed by atoms with E-state index in [4.69, 9.17) is 11.6 Å². The van der Waals surface area contributed by atoms with Crippen LogP contribution in [0.25, 0.3) is 0 Å². The van der Waals surface area contributed by atoms with Crippen LogP contribution in [-0.2, 0) is 6.54 Å². The number of benzene rings is 2. The normalized spacial score (nSPS) is 10.7. The number of hydrogen-bond donors (Lipinski definition) is 1. The van der Waals surface area contributed by atoms with Gasteiger partial charge in [0.05, 0.1) is 17.7 Å². The summed E-state index contributed by atoms with van der Waals surface area (Å²) in [5.41, 5.74) is 4.49. The molecule has 0 aliphatic rings. The second-order valence-electron chi connectivity index (χ2n) is 4.04. The van der Waals surface area contributed by atoms with Crippen LogP contribution in [0, 0.1) is 10.1 Å². The van der Waals surface area contributed by atoms with Gasteiger partial charge in [0.2, 0.25) is 0 Å². The van der Waals surface area contributed by atoms with Gasteiger partial charge in [-0.25, -0.2) is 0 Å². The Balaban J connectivity index is 1.95. The minimum atomic E-state index is -0.436. The first-order valence-electron chi connectivity index (χ1n) is 5.90. The van der Waals surface area contributed by atoms with E-state index < -0.39 is 4.92 Å². The van der Waals surface area contributed by atoms with Crippen molar-refractivity contribution in [2.75, 3.05) is 0 Å². The summed E-state index contributed by atoms with van der Waals surface area (Å²) in [6.45, 7) is 0.491. The van der Waals surface area contributed by atoms with Gasteiger partial charge in [-0.1, -0.05) is 41.9 Å². The maximum Gasteiger partial charge on any atom is 0.270 e. The summed E-state index contributed by atoms with van der Waals surface area (Å²) < 4.78 is 0. The van der Waals surface area contributed by atoms with E-state index >= 15 is 0 Å². The molecule has 0 aliphatic heterocycles. The molecule has 0 aliphatic carbocycles. The monoisotopic (exact) mass is 289 g/mol. The third kappa shape index (κ3) is 3.80. The number of halogens is 1. The molecule has 6 heteroatoms. The average Bonchev–Trinajstić information content (AvgIpc) is 2.45. The third-order valence-electron chi connectivity index (χ3n) is 2.61. The number of nitro benzene ring substituents is 1. The minimum Gasteiger partial charge on any atom is -0.306 e. The number of rotatable bonds is 5. The van der Waals surface area contributed by atoms with Gasteiger partial charge in [0.1, 0.15) is 0 Å². The van der Waals surface area contributed by atoms with E-state index in [1.165, 1.54) is 18.3 Å². The standard InChI is InChI=1S/C14H12ClN3O2/c15-14-7-2-1-5-12(14)10-17-16-9-11-4-3-6-13(8-11)18(19)20/h1-9,17H,10H2/b16-9-. The molecular weight excluding hydrogens is 278 g/mol. The van der Waals surface area contributed by atoms with Gasteiger partial charge in [0.15, 0.2) is 0 Å². The molecule has 0 heterocycles. The molecule has 0 atom stereocenters. The van der Waals surface area contributed by atoms with E-state index in [0.29, 0.717) is 17.1 Å². The molecule has 0 aromatic heterocycles. The van der Waals surface area contributed by atoms with Crippen molar-refractivity contribution in [2.45, 2.75) is 6.54 Å². The van der Waals surface area contributed by atoms with Crippen molar-refractivity contribution in [2.24, 2.45) is 5.10 Å². The zero-order chi connectivity index (χ0) is 14.4. The Morgan fingerprint density at radius 3 is 2.80 bits per heavy atom. The summed E-state index contributed by atoms with van der Waals surface area (Å²) in [4.78, 5) is 10.2. The Hall–Kier alpha value is -2.40. The van der Waals surface area contributed by atoms with Crippen LogP contribution in [0.15, 0.2) is 53.6 Å². The zero-order valence-corrected chi connectivity index (χ0v) is 11.2. The van der Waals surface area contributed by atoms with E-state index in [2.05, 4.69) is 10.5 Å². The van der Waals surface area contributed by atoms with Crippen LogP contribution < -0.4 is 5.43 Å². The van der Waals surface area contributed by atoms with Crippen molar-refractivity contribution in [3.8, 4) is 0 Å². The Morgan fingerprint density at radius 1 is 1.25 bits per heavy atom. The quantitative estimate of drug-likeness (QED) is 0.521. The number of hydrogen-bond acceptors (Lipinski definition) is 4. The van der Waals surface area contributed by atoms with Crippen LogP contribution in [0.5, 0.6) is 0 Å². The molecule has 2 aromatic rings. The molecule has 0 saturated heterocycles. The Labute approximate surface area is 121 Å². The largest absolute Gasteiger partial charge is 0.306 e. The number of non-ortho nitro benzene ring substituents is 1. The second-order valence-corrected chi connectivity index (χ2v) is 4.44. The predicted octanol–water partition coefficient (Wildman–Crippen LogP) is 3.37. The molecule has 20 heavy (non-hydrogen) atoms. The molecule has 0 amide bonds. The molecule has 2 aromatic carbocycles. The van der Waals surface area contributed by atoms with Gasteiger partial charge in [-0.05, 0) is 11.6 Å². The van der Waals surface area contributed by atoms with Crippen molar-refractivity contribution in [3.63, 3.8) is 0 Å². The van der Waals surface area contributed by atoms with E-state index in [1.807, 2.05) is 24.3 Å². The Kier molecular flexibility index (Phi) is 4.68. The molecule has 2 rings (SSSR count). The summed E-state index contributed by atoms with van der Waals surface area (Å²) in [5, 5.41) is 15.3. The molecule has 0 bridgehead atoms. The third-order valence-corrected chi connectivity index (χ3v) is 2.98. The van der Waals surface area contributed by atoms with Crippen molar-refractivity contribution in [3.05, 3.63) is 74.8 Å². The van der Waals surface area contributed by atoms with Crippen molar-refractivity contribution in [1.29, 1.82) is 0 Å². The van der Waals surface area contributed by atoms with Gasteiger partial charge in [-0.2, -0.15) is 5.10 Å². The lowest BCUT2D eigenvalue weighted by molar-refractivity contribution is -0.384. The Morgan fingerprint density at radius 2 is 2.05 bits per heavy atom. The lowest BCUT2D eigenvalue weighted by Crippen LogP contribution is -2.05. The molecule has 0 unspecified atom stereocenters. The fourth-order valence-corrected chi connectivity index (χ4v) is 1.81. The second kappa shape index (κ2) is 6.68. The summed E-state index contributed by atoms with van der Waals surface area (Å²) in [6.07, 6.45) is 1.53. The highest BCUT2D eigenvalue weighted by atomic mass is 35.5. The van der Waals surface area contributed by atoms with Crippen LogP contribution >= 0.6 is 11.6 Å². The molecule has 1 N–H and O–H groups in total. The maximum absolute atomic E-state index is 10.6. The predicted molar refractivity (Wildman–Crippen MR) is 79.0 cm³/mol. The summed E-state index contributed by atoms with van der Waals surface area (Å²) >= 11 is 6.01. The van der Waals surface area contributed by atoms with Gasteiger partial charge >= 0.3 is 0 Å². The molecule has 0 spiro atoms. The first-order valence-corrected chi connectivity index (χ1v) is 6.28.